The van der Waals surface area contributed by atoms with Crippen LogP contribution in [0.1, 0.15) is 6.42 Å². The van der Waals surface area contributed by atoms with E-state index >= 15 is 0 Å². The quantitative estimate of drug-likeness (QED) is 0.357. The molecule has 5 N–H and O–H groups in total. The molecule has 0 saturated heterocycles. The minimum absolute atomic E-state index is 0.0515. The molecule has 0 saturated carbocycles. The zero-order valence-electron chi connectivity index (χ0n) is 5.40. The Hall–Kier alpha value is -0.650. The number of primary amides is 1. The zero-order valence-corrected chi connectivity index (χ0v) is 5.40. The van der Waals surface area contributed by atoms with Crippen LogP contribution in [0.5, 0.6) is 0 Å². The van der Waals surface area contributed by atoms with Crippen molar-refractivity contribution >= 4 is 5.91 Å². The van der Waals surface area contributed by atoms with Crippen LogP contribution in [0.15, 0.2) is 0 Å². The summed E-state index contributed by atoms with van der Waals surface area (Å²) in [6.07, 6.45) is -2.89. The van der Waals surface area contributed by atoms with Gasteiger partial charge in [0.2, 0.25) is 5.91 Å². The molecule has 0 aliphatic carbocycles. The summed E-state index contributed by atoms with van der Waals surface area (Å²) in [5.41, 5.74) is 4.64. The molecule has 0 radical (unpaired) electrons. The molecule has 5 heteroatoms. The van der Waals surface area contributed by atoms with Crippen molar-refractivity contribution in [1.82, 2.24) is 0 Å². The predicted molar refractivity (Wildman–Crippen MR) is 32.9 cm³/mol. The van der Waals surface area contributed by atoms with Crippen molar-refractivity contribution in [2.45, 2.75) is 18.6 Å². The highest BCUT2D eigenvalue weighted by Gasteiger charge is 2.20. The molecule has 0 aliphatic heterocycles. The number of aliphatic hydroxyl groups is 3. The summed E-state index contributed by atoms with van der Waals surface area (Å²) in [5, 5.41) is 25.7. The molecule has 0 heterocycles. The standard InChI is InChI=1S/C5H11NO4/c6-5(10)4(9)3(8)1-2-7/h3-4,7-9H,1-2H2,(H2,6,10)/t3-,4+/m0/s1. The summed E-state index contributed by atoms with van der Waals surface area (Å²) < 4.78 is 0. The number of hydrogen-bond acceptors (Lipinski definition) is 4. The second-order valence-electron chi connectivity index (χ2n) is 1.93. The molecule has 5 nitrogen and oxygen atoms in total. The summed E-state index contributed by atoms with van der Waals surface area (Å²) in [6.45, 7) is -0.286. The third-order valence-corrected chi connectivity index (χ3v) is 1.08. The minimum atomic E-state index is -1.58. The van der Waals surface area contributed by atoms with Crippen molar-refractivity contribution in [3.05, 3.63) is 0 Å². The average molecular weight is 149 g/mol. The molecule has 0 aromatic carbocycles. The van der Waals surface area contributed by atoms with E-state index in [1.165, 1.54) is 0 Å². The second kappa shape index (κ2) is 4.21. The van der Waals surface area contributed by atoms with E-state index in [1.807, 2.05) is 0 Å². The van der Waals surface area contributed by atoms with Crippen LogP contribution in [0.25, 0.3) is 0 Å². The summed E-state index contributed by atoms with van der Waals surface area (Å²) in [7, 11) is 0. The van der Waals surface area contributed by atoms with Gasteiger partial charge in [0.1, 0.15) is 0 Å². The van der Waals surface area contributed by atoms with Gasteiger partial charge < -0.3 is 21.1 Å². The largest absolute Gasteiger partial charge is 0.396 e. The fourth-order valence-corrected chi connectivity index (χ4v) is 0.480. The number of nitrogens with two attached hydrogens (primary N) is 1. The van der Waals surface area contributed by atoms with Crippen LogP contribution in [0.2, 0.25) is 0 Å². The van der Waals surface area contributed by atoms with Crippen LogP contribution in [-0.4, -0.2) is 40.0 Å². The molecular formula is C5H11NO4. The molecule has 10 heavy (non-hydrogen) atoms. The fraction of sp³-hybridized carbons (Fsp3) is 0.800. The van der Waals surface area contributed by atoms with Crippen LogP contribution in [0.4, 0.5) is 0 Å². The van der Waals surface area contributed by atoms with Crippen LogP contribution in [-0.2, 0) is 4.79 Å². The molecule has 2 atom stereocenters. The number of carbonyl (C=O) groups excluding carboxylic acids is 1. The second-order valence-corrected chi connectivity index (χ2v) is 1.93. The van der Waals surface area contributed by atoms with Gasteiger partial charge in [-0.3, -0.25) is 4.79 Å². The average Bonchev–Trinajstić information content (AvgIpc) is 1.87. The first kappa shape index (κ1) is 9.35. The monoisotopic (exact) mass is 149 g/mol. The van der Waals surface area contributed by atoms with E-state index < -0.39 is 18.1 Å². The lowest BCUT2D eigenvalue weighted by Crippen LogP contribution is -2.39. The number of rotatable bonds is 4. The Morgan fingerprint density at radius 1 is 1.50 bits per heavy atom. The van der Waals surface area contributed by atoms with E-state index in [9.17, 15) is 4.79 Å². The van der Waals surface area contributed by atoms with E-state index in [0.717, 1.165) is 0 Å². The minimum Gasteiger partial charge on any atom is -0.396 e. The van der Waals surface area contributed by atoms with Crippen molar-refractivity contribution < 1.29 is 20.1 Å². The maximum atomic E-state index is 10.1. The Kier molecular flexibility index (Phi) is 3.94. The number of carbonyl (C=O) groups is 1. The van der Waals surface area contributed by atoms with Gasteiger partial charge in [0.15, 0.2) is 6.10 Å². The van der Waals surface area contributed by atoms with E-state index in [-0.39, 0.29) is 13.0 Å². The van der Waals surface area contributed by atoms with Crippen molar-refractivity contribution in [2.75, 3.05) is 6.61 Å². The van der Waals surface area contributed by atoms with Gasteiger partial charge in [-0.2, -0.15) is 0 Å². The topological polar surface area (TPSA) is 104 Å². The third kappa shape index (κ3) is 2.77. The Morgan fingerprint density at radius 3 is 2.30 bits per heavy atom. The van der Waals surface area contributed by atoms with E-state index in [4.69, 9.17) is 15.3 Å². The highest BCUT2D eigenvalue weighted by molar-refractivity contribution is 5.79. The summed E-state index contributed by atoms with van der Waals surface area (Å²) in [6, 6.07) is 0. The Labute approximate surface area is 58.1 Å². The van der Waals surface area contributed by atoms with Gasteiger partial charge in [-0.15, -0.1) is 0 Å². The first-order chi connectivity index (χ1) is 4.59. The van der Waals surface area contributed by atoms with E-state index in [0.29, 0.717) is 0 Å². The van der Waals surface area contributed by atoms with Gasteiger partial charge >= 0.3 is 0 Å². The van der Waals surface area contributed by atoms with Crippen molar-refractivity contribution in [3.8, 4) is 0 Å². The van der Waals surface area contributed by atoms with Gasteiger partial charge in [0.05, 0.1) is 6.10 Å². The van der Waals surface area contributed by atoms with Crippen LogP contribution >= 0.6 is 0 Å². The molecule has 0 aromatic rings. The van der Waals surface area contributed by atoms with Gasteiger partial charge in [-0.1, -0.05) is 0 Å². The van der Waals surface area contributed by atoms with Gasteiger partial charge in [-0.05, 0) is 6.42 Å². The first-order valence-corrected chi connectivity index (χ1v) is 2.86. The lowest BCUT2D eigenvalue weighted by Gasteiger charge is -2.12. The molecule has 0 fully saturated rings. The van der Waals surface area contributed by atoms with E-state index in [2.05, 4.69) is 5.73 Å². The normalized spacial score (nSPS) is 16.3. The van der Waals surface area contributed by atoms with Crippen LogP contribution in [0, 0.1) is 0 Å². The first-order valence-electron chi connectivity index (χ1n) is 2.86. The zero-order chi connectivity index (χ0) is 8.15. The Morgan fingerprint density at radius 2 is 2.00 bits per heavy atom. The predicted octanol–water partition coefficient (Wildman–Crippen LogP) is -2.42. The number of amides is 1. The molecule has 0 unspecified atom stereocenters. The molecule has 60 valence electrons. The number of aliphatic hydroxyl groups excluding tert-OH is 3. The molecule has 1 amide bonds. The van der Waals surface area contributed by atoms with Crippen molar-refractivity contribution in [1.29, 1.82) is 0 Å². The number of hydrogen-bond donors (Lipinski definition) is 4. The smallest absolute Gasteiger partial charge is 0.248 e. The summed E-state index contributed by atoms with van der Waals surface area (Å²) in [4.78, 5) is 10.1. The molecule has 0 aromatic heterocycles. The highest BCUT2D eigenvalue weighted by Crippen LogP contribution is 1.96. The van der Waals surface area contributed by atoms with Crippen molar-refractivity contribution in [2.24, 2.45) is 5.73 Å². The Balaban J connectivity index is 3.69. The van der Waals surface area contributed by atoms with Crippen LogP contribution < -0.4 is 5.73 Å². The van der Waals surface area contributed by atoms with E-state index in [1.54, 1.807) is 0 Å². The SMILES string of the molecule is NC(=O)[C@H](O)[C@@H](O)CCO. The highest BCUT2D eigenvalue weighted by atomic mass is 16.3. The molecule has 0 bridgehead atoms. The fourth-order valence-electron chi connectivity index (χ4n) is 0.480. The summed E-state index contributed by atoms with van der Waals surface area (Å²) >= 11 is 0. The van der Waals surface area contributed by atoms with Crippen molar-refractivity contribution in [3.63, 3.8) is 0 Å². The third-order valence-electron chi connectivity index (χ3n) is 1.08. The maximum Gasteiger partial charge on any atom is 0.248 e. The molecule has 0 rings (SSSR count). The van der Waals surface area contributed by atoms with Gasteiger partial charge in [0.25, 0.3) is 0 Å². The lowest BCUT2D eigenvalue weighted by molar-refractivity contribution is -0.132. The molecule has 0 aliphatic rings. The lowest BCUT2D eigenvalue weighted by atomic mass is 10.1. The molecular weight excluding hydrogens is 138 g/mol. The van der Waals surface area contributed by atoms with Crippen LogP contribution in [0.3, 0.4) is 0 Å². The molecule has 0 spiro atoms. The van der Waals surface area contributed by atoms with Gasteiger partial charge in [0, 0.05) is 6.61 Å². The maximum absolute atomic E-state index is 10.1. The van der Waals surface area contributed by atoms with Gasteiger partial charge in [-0.25, -0.2) is 0 Å². The Bertz CT molecular complexity index is 116. The summed E-state index contributed by atoms with van der Waals surface area (Å²) in [5.74, 6) is -0.985.